The Balaban J connectivity index is 1.60. The van der Waals surface area contributed by atoms with E-state index in [-0.39, 0.29) is 30.5 Å². The minimum Gasteiger partial charge on any atom is -0.355 e. The fourth-order valence-electron chi connectivity index (χ4n) is 3.54. The molecule has 1 aromatic rings. The second kappa shape index (κ2) is 8.35. The standard InChI is InChI=1S/C18H28N4O3S/c1-2-6-20-7-3-8-21(10-9-20)17-5-4-16(15-19-17)18(23)22-11-13-26(24,25)14-12-22/h4-5,15H,2-3,6-14H2,1H3. The van der Waals surface area contributed by atoms with Crippen LogP contribution in [0.15, 0.2) is 18.3 Å². The molecular formula is C18H28N4O3S. The van der Waals surface area contributed by atoms with Crippen molar-refractivity contribution < 1.29 is 13.2 Å². The first-order chi connectivity index (χ1) is 12.5. The Labute approximate surface area is 155 Å². The molecule has 0 aliphatic carbocycles. The van der Waals surface area contributed by atoms with E-state index >= 15 is 0 Å². The van der Waals surface area contributed by atoms with Gasteiger partial charge in [-0.1, -0.05) is 6.92 Å². The van der Waals surface area contributed by atoms with Gasteiger partial charge in [0.05, 0.1) is 17.1 Å². The highest BCUT2D eigenvalue weighted by molar-refractivity contribution is 7.91. The number of carbonyl (C=O) groups excluding carboxylic acids is 1. The van der Waals surface area contributed by atoms with Gasteiger partial charge in [-0.3, -0.25) is 4.79 Å². The zero-order valence-corrected chi connectivity index (χ0v) is 16.2. The Hall–Kier alpha value is -1.67. The predicted octanol–water partition coefficient (Wildman–Crippen LogP) is 0.874. The third-order valence-electron chi connectivity index (χ3n) is 5.08. The van der Waals surface area contributed by atoms with Gasteiger partial charge in [0.2, 0.25) is 0 Å². The Bertz CT molecular complexity index is 706. The van der Waals surface area contributed by atoms with Crippen LogP contribution in [0.2, 0.25) is 0 Å². The maximum atomic E-state index is 12.5. The molecule has 0 saturated carbocycles. The third kappa shape index (κ3) is 4.73. The molecule has 2 fully saturated rings. The van der Waals surface area contributed by atoms with E-state index in [1.54, 1.807) is 11.1 Å². The normalized spacial score (nSPS) is 21.4. The first-order valence-corrected chi connectivity index (χ1v) is 11.2. The maximum absolute atomic E-state index is 12.5. The summed E-state index contributed by atoms with van der Waals surface area (Å²) in [6.45, 7) is 7.97. The van der Waals surface area contributed by atoms with Crippen LogP contribution in [0.5, 0.6) is 0 Å². The SMILES string of the molecule is CCCN1CCCN(c2ccc(C(=O)N3CCS(=O)(=O)CC3)cn2)CC1. The molecule has 1 aromatic heterocycles. The number of pyridine rings is 1. The summed E-state index contributed by atoms with van der Waals surface area (Å²) in [6.07, 6.45) is 3.91. The van der Waals surface area contributed by atoms with Crippen molar-refractivity contribution in [2.45, 2.75) is 19.8 Å². The van der Waals surface area contributed by atoms with Crippen molar-refractivity contribution in [2.75, 3.05) is 62.2 Å². The van der Waals surface area contributed by atoms with Gasteiger partial charge in [0, 0.05) is 38.9 Å². The van der Waals surface area contributed by atoms with Crippen LogP contribution < -0.4 is 4.90 Å². The lowest BCUT2D eigenvalue weighted by atomic mass is 10.2. The van der Waals surface area contributed by atoms with Crippen LogP contribution in [-0.4, -0.2) is 86.4 Å². The molecule has 2 aliphatic heterocycles. The molecule has 144 valence electrons. The van der Waals surface area contributed by atoms with Crippen molar-refractivity contribution in [2.24, 2.45) is 0 Å². The van der Waals surface area contributed by atoms with Crippen molar-refractivity contribution in [3.63, 3.8) is 0 Å². The second-order valence-electron chi connectivity index (χ2n) is 7.03. The number of hydrogen-bond acceptors (Lipinski definition) is 6. The second-order valence-corrected chi connectivity index (χ2v) is 9.33. The zero-order chi connectivity index (χ0) is 18.6. The fourth-order valence-corrected chi connectivity index (χ4v) is 4.74. The van der Waals surface area contributed by atoms with Crippen LogP contribution in [0.4, 0.5) is 5.82 Å². The van der Waals surface area contributed by atoms with E-state index in [0.29, 0.717) is 5.56 Å². The van der Waals surface area contributed by atoms with Gasteiger partial charge in [-0.15, -0.1) is 0 Å². The van der Waals surface area contributed by atoms with Gasteiger partial charge in [0.25, 0.3) is 5.91 Å². The summed E-state index contributed by atoms with van der Waals surface area (Å²) in [5.41, 5.74) is 0.524. The summed E-state index contributed by atoms with van der Waals surface area (Å²) in [4.78, 5) is 23.4. The van der Waals surface area contributed by atoms with Gasteiger partial charge in [0.1, 0.15) is 5.82 Å². The van der Waals surface area contributed by atoms with E-state index in [9.17, 15) is 13.2 Å². The lowest BCUT2D eigenvalue weighted by molar-refractivity contribution is 0.0770. The van der Waals surface area contributed by atoms with Crippen molar-refractivity contribution in [3.8, 4) is 0 Å². The minimum absolute atomic E-state index is 0.0479. The molecule has 3 rings (SSSR count). The quantitative estimate of drug-likeness (QED) is 0.772. The average molecular weight is 381 g/mol. The molecule has 7 nitrogen and oxygen atoms in total. The molecule has 2 aliphatic rings. The Morgan fingerprint density at radius 3 is 2.50 bits per heavy atom. The van der Waals surface area contributed by atoms with E-state index in [4.69, 9.17) is 0 Å². The number of nitrogens with zero attached hydrogens (tertiary/aromatic N) is 4. The van der Waals surface area contributed by atoms with E-state index in [1.165, 1.54) is 6.42 Å². The number of carbonyl (C=O) groups is 1. The molecule has 8 heteroatoms. The van der Waals surface area contributed by atoms with Gasteiger partial charge in [0.15, 0.2) is 9.84 Å². The largest absolute Gasteiger partial charge is 0.355 e. The summed E-state index contributed by atoms with van der Waals surface area (Å²) < 4.78 is 23.0. The molecule has 0 radical (unpaired) electrons. The molecule has 0 aromatic carbocycles. The number of sulfone groups is 1. The van der Waals surface area contributed by atoms with Crippen LogP contribution in [0.1, 0.15) is 30.1 Å². The number of anilines is 1. The van der Waals surface area contributed by atoms with Crippen molar-refractivity contribution >= 4 is 21.6 Å². The van der Waals surface area contributed by atoms with E-state index in [0.717, 1.165) is 45.0 Å². The monoisotopic (exact) mass is 380 g/mol. The van der Waals surface area contributed by atoms with Crippen LogP contribution in [-0.2, 0) is 9.84 Å². The minimum atomic E-state index is -2.99. The summed E-state index contributed by atoms with van der Waals surface area (Å²) in [6, 6.07) is 3.71. The average Bonchev–Trinajstić information content (AvgIpc) is 2.87. The topological polar surface area (TPSA) is 73.8 Å². The van der Waals surface area contributed by atoms with Crippen LogP contribution in [0.25, 0.3) is 0 Å². The third-order valence-corrected chi connectivity index (χ3v) is 6.69. The molecule has 0 spiro atoms. The highest BCUT2D eigenvalue weighted by Crippen LogP contribution is 2.16. The maximum Gasteiger partial charge on any atom is 0.255 e. The first-order valence-electron chi connectivity index (χ1n) is 9.41. The number of rotatable bonds is 4. The molecule has 26 heavy (non-hydrogen) atoms. The summed E-state index contributed by atoms with van der Waals surface area (Å²) in [5, 5.41) is 0. The summed E-state index contributed by atoms with van der Waals surface area (Å²) >= 11 is 0. The number of hydrogen-bond donors (Lipinski definition) is 0. The molecule has 0 atom stereocenters. The van der Waals surface area contributed by atoms with Crippen molar-refractivity contribution in [1.82, 2.24) is 14.8 Å². The van der Waals surface area contributed by atoms with Crippen molar-refractivity contribution in [3.05, 3.63) is 23.9 Å². The van der Waals surface area contributed by atoms with E-state index < -0.39 is 9.84 Å². The van der Waals surface area contributed by atoms with Crippen molar-refractivity contribution in [1.29, 1.82) is 0 Å². The van der Waals surface area contributed by atoms with Gasteiger partial charge < -0.3 is 14.7 Å². The van der Waals surface area contributed by atoms with E-state index in [1.807, 2.05) is 12.1 Å². The summed E-state index contributed by atoms with van der Waals surface area (Å²) in [7, 11) is -2.99. The van der Waals surface area contributed by atoms with Gasteiger partial charge in [-0.2, -0.15) is 0 Å². The lowest BCUT2D eigenvalue weighted by Gasteiger charge is -2.27. The highest BCUT2D eigenvalue weighted by atomic mass is 32.2. The molecule has 0 bridgehead atoms. The lowest BCUT2D eigenvalue weighted by Crippen LogP contribution is -2.43. The highest BCUT2D eigenvalue weighted by Gasteiger charge is 2.26. The summed E-state index contributed by atoms with van der Waals surface area (Å²) in [5.74, 6) is 0.864. The Morgan fingerprint density at radius 1 is 1.08 bits per heavy atom. The van der Waals surface area contributed by atoms with Crippen LogP contribution in [0, 0.1) is 0 Å². The van der Waals surface area contributed by atoms with Gasteiger partial charge in [-0.25, -0.2) is 13.4 Å². The molecular weight excluding hydrogens is 352 g/mol. The molecule has 0 unspecified atom stereocenters. The number of aromatic nitrogens is 1. The smallest absolute Gasteiger partial charge is 0.255 e. The Kier molecular flexibility index (Phi) is 6.13. The molecule has 0 N–H and O–H groups in total. The van der Waals surface area contributed by atoms with Crippen LogP contribution in [0.3, 0.4) is 0 Å². The molecule has 3 heterocycles. The molecule has 1 amide bonds. The number of amides is 1. The first kappa shape index (κ1) is 19.1. The predicted molar refractivity (Wildman–Crippen MR) is 102 cm³/mol. The van der Waals surface area contributed by atoms with Gasteiger partial charge >= 0.3 is 0 Å². The van der Waals surface area contributed by atoms with Gasteiger partial charge in [-0.05, 0) is 38.1 Å². The van der Waals surface area contributed by atoms with Crippen LogP contribution >= 0.6 is 0 Å². The fraction of sp³-hybridized carbons (Fsp3) is 0.667. The molecule has 2 saturated heterocycles. The zero-order valence-electron chi connectivity index (χ0n) is 15.4. The Morgan fingerprint density at radius 2 is 1.85 bits per heavy atom. The van der Waals surface area contributed by atoms with E-state index in [2.05, 4.69) is 21.7 Å².